The molecule has 0 aliphatic carbocycles. The van der Waals surface area contributed by atoms with E-state index in [1.54, 1.807) is 0 Å². The van der Waals surface area contributed by atoms with Crippen molar-refractivity contribution >= 4 is 11.7 Å². The van der Waals surface area contributed by atoms with Gasteiger partial charge in [-0.25, -0.2) is 4.79 Å². The van der Waals surface area contributed by atoms with Gasteiger partial charge in [-0.3, -0.25) is 0 Å². The first kappa shape index (κ1) is 13.6. The fraction of sp³-hybridized carbons (Fsp3) is 0.500. The Labute approximate surface area is 103 Å². The maximum atomic E-state index is 11.2. The predicted octanol–water partition coefficient (Wildman–Crippen LogP) is 2.91. The molecule has 0 saturated heterocycles. The molecule has 0 aliphatic rings. The van der Waals surface area contributed by atoms with Crippen LogP contribution in [0.3, 0.4) is 0 Å². The molecule has 17 heavy (non-hydrogen) atoms. The summed E-state index contributed by atoms with van der Waals surface area (Å²) in [7, 11) is 1.85. The summed E-state index contributed by atoms with van der Waals surface area (Å²) in [6.45, 7) is 8.01. The summed E-state index contributed by atoms with van der Waals surface area (Å²) in [6.07, 6.45) is 0.596. The molecule has 0 spiro atoms. The van der Waals surface area contributed by atoms with Crippen molar-refractivity contribution in [2.45, 2.75) is 40.2 Å². The average molecular weight is 235 g/mol. The van der Waals surface area contributed by atoms with Crippen LogP contribution in [-0.4, -0.2) is 24.2 Å². The van der Waals surface area contributed by atoms with Gasteiger partial charge in [0.25, 0.3) is 0 Å². The second-order valence-corrected chi connectivity index (χ2v) is 4.62. The van der Waals surface area contributed by atoms with Crippen LogP contribution in [0.1, 0.15) is 30.0 Å². The van der Waals surface area contributed by atoms with Crippen LogP contribution >= 0.6 is 0 Å². The zero-order valence-corrected chi connectivity index (χ0v) is 11.2. The van der Waals surface area contributed by atoms with Crippen molar-refractivity contribution in [2.24, 2.45) is 0 Å². The minimum absolute atomic E-state index is 0.463. The number of anilines is 1. The summed E-state index contributed by atoms with van der Waals surface area (Å²) < 4.78 is 0. The molecule has 1 aromatic rings. The van der Waals surface area contributed by atoms with Gasteiger partial charge in [0.2, 0.25) is 0 Å². The summed E-state index contributed by atoms with van der Waals surface area (Å²) in [4.78, 5) is 13.1. The number of carboxylic acid groups (broad SMARTS) is 1. The fourth-order valence-electron chi connectivity index (χ4n) is 2.50. The number of aliphatic carboxylic acids is 1. The summed E-state index contributed by atoms with van der Waals surface area (Å²) in [6, 6.07) is 3.72. The molecule has 0 radical (unpaired) electrons. The highest BCUT2D eigenvalue weighted by molar-refractivity contribution is 5.79. The van der Waals surface area contributed by atoms with E-state index in [2.05, 4.69) is 19.1 Å². The fourth-order valence-corrected chi connectivity index (χ4v) is 2.50. The van der Waals surface area contributed by atoms with E-state index < -0.39 is 12.0 Å². The molecular formula is C14H21NO2. The Morgan fingerprint density at radius 1 is 1.29 bits per heavy atom. The summed E-state index contributed by atoms with van der Waals surface area (Å²) in [5.74, 6) is -0.769. The van der Waals surface area contributed by atoms with E-state index in [0.717, 1.165) is 16.8 Å². The molecule has 0 saturated carbocycles. The molecule has 1 atom stereocenters. The number of nitrogens with zero attached hydrogens (tertiary/aromatic N) is 1. The van der Waals surface area contributed by atoms with Gasteiger partial charge in [-0.2, -0.15) is 0 Å². The lowest BCUT2D eigenvalue weighted by molar-refractivity contribution is -0.138. The number of likely N-dealkylation sites (N-methyl/N-ethyl adjacent to an activating group) is 1. The molecule has 1 aromatic carbocycles. The lowest BCUT2D eigenvalue weighted by Crippen LogP contribution is -2.38. The maximum Gasteiger partial charge on any atom is 0.326 e. The van der Waals surface area contributed by atoms with Crippen molar-refractivity contribution < 1.29 is 9.90 Å². The highest BCUT2D eigenvalue weighted by atomic mass is 16.4. The molecule has 3 nitrogen and oxygen atoms in total. The van der Waals surface area contributed by atoms with Gasteiger partial charge in [-0.15, -0.1) is 0 Å². The lowest BCUT2D eigenvalue weighted by Gasteiger charge is -2.29. The van der Waals surface area contributed by atoms with Crippen LogP contribution in [0.25, 0.3) is 0 Å². The molecule has 94 valence electrons. The number of aryl methyl sites for hydroxylation is 3. The average Bonchev–Trinajstić information content (AvgIpc) is 2.15. The van der Waals surface area contributed by atoms with Gasteiger partial charge >= 0.3 is 5.97 Å². The Hall–Kier alpha value is -1.51. The zero-order valence-electron chi connectivity index (χ0n) is 11.2. The van der Waals surface area contributed by atoms with Gasteiger partial charge in [-0.1, -0.05) is 24.6 Å². The van der Waals surface area contributed by atoms with Crippen molar-refractivity contribution in [2.75, 3.05) is 11.9 Å². The minimum atomic E-state index is -0.769. The number of hydrogen-bond acceptors (Lipinski definition) is 2. The van der Waals surface area contributed by atoms with E-state index in [9.17, 15) is 9.90 Å². The summed E-state index contributed by atoms with van der Waals surface area (Å²) in [5.41, 5.74) is 4.50. The third kappa shape index (κ3) is 2.78. The van der Waals surface area contributed by atoms with E-state index in [0.29, 0.717) is 6.42 Å². The topological polar surface area (TPSA) is 40.5 Å². The molecule has 0 bridgehead atoms. The SMILES string of the molecule is CC[C@@H](C(=O)O)N(C)c1c(C)cc(C)cc1C. The van der Waals surface area contributed by atoms with E-state index in [1.807, 2.05) is 32.7 Å². The molecule has 1 rings (SSSR count). The number of benzene rings is 1. The van der Waals surface area contributed by atoms with Crippen molar-refractivity contribution in [1.82, 2.24) is 0 Å². The Kier molecular flexibility index (Phi) is 4.16. The Bertz CT molecular complexity index is 403. The number of carboxylic acids is 1. The largest absolute Gasteiger partial charge is 0.480 e. The standard InChI is InChI=1S/C14H21NO2/c1-6-12(14(16)17)15(5)13-10(3)7-9(2)8-11(13)4/h7-8,12H,6H2,1-5H3,(H,16,17)/t12-/m0/s1. The highest BCUT2D eigenvalue weighted by Gasteiger charge is 2.22. The third-order valence-electron chi connectivity index (χ3n) is 3.13. The minimum Gasteiger partial charge on any atom is -0.480 e. The van der Waals surface area contributed by atoms with E-state index in [1.165, 1.54) is 5.56 Å². The smallest absolute Gasteiger partial charge is 0.326 e. The van der Waals surface area contributed by atoms with Crippen LogP contribution in [-0.2, 0) is 4.79 Å². The molecule has 0 unspecified atom stereocenters. The van der Waals surface area contributed by atoms with E-state index in [-0.39, 0.29) is 0 Å². The Balaban J connectivity index is 3.20. The normalized spacial score (nSPS) is 12.3. The van der Waals surface area contributed by atoms with Crippen LogP contribution in [0, 0.1) is 20.8 Å². The van der Waals surface area contributed by atoms with Crippen LogP contribution in [0.5, 0.6) is 0 Å². The Morgan fingerprint density at radius 3 is 2.12 bits per heavy atom. The molecule has 0 aliphatic heterocycles. The van der Waals surface area contributed by atoms with Crippen molar-refractivity contribution in [3.63, 3.8) is 0 Å². The first-order chi connectivity index (χ1) is 7.88. The monoisotopic (exact) mass is 235 g/mol. The second-order valence-electron chi connectivity index (χ2n) is 4.62. The molecule has 0 fully saturated rings. The van der Waals surface area contributed by atoms with Crippen LogP contribution in [0.15, 0.2) is 12.1 Å². The quantitative estimate of drug-likeness (QED) is 0.872. The molecule has 0 aromatic heterocycles. The number of carbonyl (C=O) groups is 1. The van der Waals surface area contributed by atoms with Gasteiger partial charge in [-0.05, 0) is 38.3 Å². The molecule has 0 heterocycles. The van der Waals surface area contributed by atoms with Crippen LogP contribution in [0.2, 0.25) is 0 Å². The molecular weight excluding hydrogens is 214 g/mol. The van der Waals surface area contributed by atoms with Gasteiger partial charge in [0.1, 0.15) is 6.04 Å². The second kappa shape index (κ2) is 5.21. The summed E-state index contributed by atoms with van der Waals surface area (Å²) >= 11 is 0. The third-order valence-corrected chi connectivity index (χ3v) is 3.13. The lowest BCUT2D eigenvalue weighted by atomic mass is 10.0. The van der Waals surface area contributed by atoms with Crippen molar-refractivity contribution in [1.29, 1.82) is 0 Å². The van der Waals surface area contributed by atoms with E-state index in [4.69, 9.17) is 0 Å². The Morgan fingerprint density at radius 2 is 1.76 bits per heavy atom. The first-order valence-corrected chi connectivity index (χ1v) is 5.92. The zero-order chi connectivity index (χ0) is 13.2. The number of rotatable bonds is 4. The maximum absolute atomic E-state index is 11.2. The predicted molar refractivity (Wildman–Crippen MR) is 70.8 cm³/mol. The van der Waals surface area contributed by atoms with Gasteiger partial charge in [0.15, 0.2) is 0 Å². The first-order valence-electron chi connectivity index (χ1n) is 5.92. The summed E-state index contributed by atoms with van der Waals surface area (Å²) in [5, 5.41) is 9.20. The van der Waals surface area contributed by atoms with Crippen LogP contribution < -0.4 is 4.90 Å². The van der Waals surface area contributed by atoms with E-state index >= 15 is 0 Å². The van der Waals surface area contributed by atoms with Crippen molar-refractivity contribution in [3.05, 3.63) is 28.8 Å². The van der Waals surface area contributed by atoms with Gasteiger partial charge in [0, 0.05) is 12.7 Å². The molecule has 1 N–H and O–H groups in total. The van der Waals surface area contributed by atoms with Gasteiger partial charge in [0.05, 0.1) is 0 Å². The van der Waals surface area contributed by atoms with Crippen LogP contribution in [0.4, 0.5) is 5.69 Å². The molecule has 0 amide bonds. The molecule has 3 heteroatoms. The highest BCUT2D eigenvalue weighted by Crippen LogP contribution is 2.27. The number of hydrogen-bond donors (Lipinski definition) is 1. The van der Waals surface area contributed by atoms with Crippen molar-refractivity contribution in [3.8, 4) is 0 Å². The van der Waals surface area contributed by atoms with Gasteiger partial charge < -0.3 is 10.0 Å².